The monoisotopic (exact) mass is 325 g/mol. The van der Waals surface area contributed by atoms with Gasteiger partial charge >= 0.3 is 0 Å². The molecule has 0 spiro atoms. The van der Waals surface area contributed by atoms with Crippen LogP contribution in [0.5, 0.6) is 0 Å². The normalized spacial score (nSPS) is 13.9. The van der Waals surface area contributed by atoms with Crippen LogP contribution in [0.1, 0.15) is 18.5 Å². The van der Waals surface area contributed by atoms with Crippen LogP contribution in [0.25, 0.3) is 0 Å². The van der Waals surface area contributed by atoms with E-state index in [1.54, 1.807) is 0 Å². The second-order valence-electron chi connectivity index (χ2n) is 3.13. The zero-order valence-corrected chi connectivity index (χ0v) is 11.0. The van der Waals surface area contributed by atoms with Crippen LogP contribution in [-0.2, 0) is 10.0 Å². The maximum absolute atomic E-state index is 11.0. The highest BCUT2D eigenvalue weighted by atomic mass is 127. The molecule has 1 atom stereocenters. The van der Waals surface area contributed by atoms with Crippen LogP contribution in [0.2, 0.25) is 0 Å². The summed E-state index contributed by atoms with van der Waals surface area (Å²) in [5, 5.41) is 0. The van der Waals surface area contributed by atoms with Crippen LogP contribution >= 0.6 is 22.6 Å². The molecule has 0 aromatic heterocycles. The number of benzene rings is 1. The maximum atomic E-state index is 11.0. The number of hydrogen-bond acceptors (Lipinski definition) is 2. The molecular formula is C9H12INO2S. The van der Waals surface area contributed by atoms with E-state index in [2.05, 4.69) is 27.3 Å². The molecule has 0 aliphatic heterocycles. The van der Waals surface area contributed by atoms with Gasteiger partial charge in [-0.1, -0.05) is 18.2 Å². The Hall–Kier alpha value is -0.140. The molecule has 1 unspecified atom stereocenters. The summed E-state index contributed by atoms with van der Waals surface area (Å²) in [4.78, 5) is 0. The highest BCUT2D eigenvalue weighted by Crippen LogP contribution is 2.19. The lowest BCUT2D eigenvalue weighted by molar-refractivity contribution is 0.572. The summed E-state index contributed by atoms with van der Waals surface area (Å²) in [6, 6.07) is 7.52. The fourth-order valence-corrected chi connectivity index (χ4v) is 2.83. The third-order valence-electron chi connectivity index (χ3n) is 1.76. The number of hydrogen-bond donors (Lipinski definition) is 1. The van der Waals surface area contributed by atoms with Crippen LogP contribution in [0, 0.1) is 3.57 Å². The zero-order chi connectivity index (χ0) is 10.8. The average molecular weight is 325 g/mol. The summed E-state index contributed by atoms with van der Waals surface area (Å²) in [5.74, 6) is 0. The van der Waals surface area contributed by atoms with Crippen molar-refractivity contribution in [3.63, 3.8) is 0 Å². The molecule has 0 amide bonds. The molecule has 78 valence electrons. The van der Waals surface area contributed by atoms with Gasteiger partial charge in [-0.25, -0.2) is 13.1 Å². The Morgan fingerprint density at radius 3 is 2.43 bits per heavy atom. The van der Waals surface area contributed by atoms with Crippen LogP contribution in [0.15, 0.2) is 24.3 Å². The number of sulfonamides is 1. The lowest BCUT2D eigenvalue weighted by Crippen LogP contribution is -2.25. The summed E-state index contributed by atoms with van der Waals surface area (Å²) >= 11 is 2.19. The zero-order valence-electron chi connectivity index (χ0n) is 7.99. The van der Waals surface area contributed by atoms with Crippen molar-refractivity contribution in [2.24, 2.45) is 0 Å². The third-order valence-corrected chi connectivity index (χ3v) is 3.53. The fourth-order valence-electron chi connectivity index (χ4n) is 1.21. The molecule has 5 heteroatoms. The van der Waals surface area contributed by atoms with Gasteiger partial charge in [0.25, 0.3) is 0 Å². The molecule has 0 aliphatic rings. The lowest BCUT2D eigenvalue weighted by Gasteiger charge is -2.13. The highest BCUT2D eigenvalue weighted by molar-refractivity contribution is 14.1. The van der Waals surface area contributed by atoms with Crippen molar-refractivity contribution >= 4 is 32.6 Å². The van der Waals surface area contributed by atoms with E-state index in [0.717, 1.165) is 9.13 Å². The SMILES string of the molecule is CC(NS(C)(=O)=O)c1ccccc1I. The molecule has 0 saturated heterocycles. The van der Waals surface area contributed by atoms with Crippen LogP contribution < -0.4 is 4.72 Å². The van der Waals surface area contributed by atoms with Crippen LogP contribution in [0.3, 0.4) is 0 Å². The van der Waals surface area contributed by atoms with Gasteiger partial charge in [0.1, 0.15) is 0 Å². The molecule has 1 N–H and O–H groups in total. The summed E-state index contributed by atoms with van der Waals surface area (Å²) in [6.07, 6.45) is 1.17. The molecule has 0 heterocycles. The van der Waals surface area contributed by atoms with Crippen molar-refractivity contribution in [1.29, 1.82) is 0 Å². The Labute approximate surface area is 98.1 Å². The van der Waals surface area contributed by atoms with Gasteiger partial charge in [-0.05, 0) is 41.1 Å². The molecule has 3 nitrogen and oxygen atoms in total. The van der Waals surface area contributed by atoms with E-state index in [4.69, 9.17) is 0 Å². The maximum Gasteiger partial charge on any atom is 0.209 e. The molecule has 1 rings (SSSR count). The van der Waals surface area contributed by atoms with Gasteiger partial charge in [0.15, 0.2) is 0 Å². The van der Waals surface area contributed by atoms with E-state index >= 15 is 0 Å². The van der Waals surface area contributed by atoms with Gasteiger partial charge in [-0.15, -0.1) is 0 Å². The third kappa shape index (κ3) is 3.55. The van der Waals surface area contributed by atoms with E-state index in [9.17, 15) is 8.42 Å². The Bertz CT molecular complexity index is 417. The van der Waals surface area contributed by atoms with Crippen LogP contribution in [0.4, 0.5) is 0 Å². The molecule has 0 radical (unpaired) electrons. The summed E-state index contributed by atoms with van der Waals surface area (Å²) in [6.45, 7) is 1.83. The second-order valence-corrected chi connectivity index (χ2v) is 6.08. The minimum atomic E-state index is -3.14. The standard InChI is InChI=1S/C9H12INO2S/c1-7(11-14(2,12)13)8-5-3-4-6-9(8)10/h3-7,11H,1-2H3. The fraction of sp³-hybridized carbons (Fsp3) is 0.333. The molecule has 1 aromatic rings. The lowest BCUT2D eigenvalue weighted by atomic mass is 10.1. The Morgan fingerprint density at radius 2 is 1.93 bits per heavy atom. The second kappa shape index (κ2) is 4.59. The van der Waals surface area contributed by atoms with Crippen molar-refractivity contribution in [3.05, 3.63) is 33.4 Å². The van der Waals surface area contributed by atoms with E-state index in [-0.39, 0.29) is 6.04 Å². The van der Waals surface area contributed by atoms with Crippen molar-refractivity contribution in [1.82, 2.24) is 4.72 Å². The minimum Gasteiger partial charge on any atom is -0.213 e. The molecule has 0 fully saturated rings. The molecule has 0 bridgehead atoms. The van der Waals surface area contributed by atoms with E-state index < -0.39 is 10.0 Å². The van der Waals surface area contributed by atoms with Crippen molar-refractivity contribution in [2.75, 3.05) is 6.26 Å². The molecule has 14 heavy (non-hydrogen) atoms. The number of halogens is 1. The van der Waals surface area contributed by atoms with Gasteiger partial charge in [0.05, 0.1) is 6.26 Å². The molecule has 0 aliphatic carbocycles. The van der Waals surface area contributed by atoms with Crippen molar-refractivity contribution < 1.29 is 8.42 Å². The minimum absolute atomic E-state index is 0.182. The van der Waals surface area contributed by atoms with E-state index in [1.165, 1.54) is 6.26 Å². The Kier molecular flexibility index (Phi) is 3.91. The summed E-state index contributed by atoms with van der Waals surface area (Å²) < 4.78 is 25.6. The number of rotatable bonds is 3. The molecule has 1 aromatic carbocycles. The number of nitrogens with one attached hydrogen (secondary N) is 1. The quantitative estimate of drug-likeness (QED) is 0.863. The first-order valence-electron chi connectivity index (χ1n) is 4.12. The predicted molar refractivity (Wildman–Crippen MR) is 65.6 cm³/mol. The Balaban J connectivity index is 2.90. The van der Waals surface area contributed by atoms with Gasteiger partial charge in [-0.2, -0.15) is 0 Å². The Morgan fingerprint density at radius 1 is 1.36 bits per heavy atom. The first kappa shape index (κ1) is 11.9. The molecular weight excluding hydrogens is 313 g/mol. The van der Waals surface area contributed by atoms with Gasteiger partial charge in [0, 0.05) is 9.61 Å². The first-order valence-corrected chi connectivity index (χ1v) is 7.09. The van der Waals surface area contributed by atoms with E-state index in [0.29, 0.717) is 0 Å². The van der Waals surface area contributed by atoms with Gasteiger partial charge in [0.2, 0.25) is 10.0 Å². The summed E-state index contributed by atoms with van der Waals surface area (Å²) in [5.41, 5.74) is 0.999. The smallest absolute Gasteiger partial charge is 0.209 e. The largest absolute Gasteiger partial charge is 0.213 e. The average Bonchev–Trinajstić information content (AvgIpc) is 2.01. The van der Waals surface area contributed by atoms with Crippen LogP contribution in [-0.4, -0.2) is 14.7 Å². The summed E-state index contributed by atoms with van der Waals surface area (Å²) in [7, 11) is -3.14. The topological polar surface area (TPSA) is 46.2 Å². The van der Waals surface area contributed by atoms with Crippen molar-refractivity contribution in [2.45, 2.75) is 13.0 Å². The highest BCUT2D eigenvalue weighted by Gasteiger charge is 2.12. The predicted octanol–water partition coefficient (Wildman–Crippen LogP) is 1.90. The van der Waals surface area contributed by atoms with E-state index in [1.807, 2.05) is 31.2 Å². The van der Waals surface area contributed by atoms with Gasteiger partial charge in [-0.3, -0.25) is 0 Å². The molecule has 0 saturated carbocycles. The first-order chi connectivity index (χ1) is 6.40. The van der Waals surface area contributed by atoms with Gasteiger partial charge < -0.3 is 0 Å². The van der Waals surface area contributed by atoms with Crippen molar-refractivity contribution in [3.8, 4) is 0 Å².